The molecule has 0 spiro atoms. The molecule has 0 unspecified atom stereocenters. The van der Waals surface area contributed by atoms with E-state index in [-0.39, 0.29) is 5.91 Å². The number of benzene rings is 1. The van der Waals surface area contributed by atoms with E-state index in [1.807, 2.05) is 31.0 Å². The molecule has 2 rings (SSSR count). The summed E-state index contributed by atoms with van der Waals surface area (Å²) in [6.45, 7) is 8.02. The molecule has 1 saturated heterocycles. The van der Waals surface area contributed by atoms with Crippen LogP contribution in [-0.2, 0) is 11.3 Å². The highest BCUT2D eigenvalue weighted by atomic mass is 16.5. The smallest absolute Gasteiger partial charge is 0.236 e. The molecular formula is C18H28N2O2. The molecule has 1 aliphatic rings. The Kier molecular flexibility index (Phi) is 6.25. The lowest BCUT2D eigenvalue weighted by molar-refractivity contribution is -0.133. The lowest BCUT2D eigenvalue weighted by atomic mass is 9.99. The van der Waals surface area contributed by atoms with Crippen LogP contribution in [0.25, 0.3) is 0 Å². The van der Waals surface area contributed by atoms with Crippen LogP contribution in [0.2, 0.25) is 0 Å². The zero-order valence-electron chi connectivity index (χ0n) is 14.0. The fourth-order valence-electron chi connectivity index (χ4n) is 2.81. The van der Waals surface area contributed by atoms with Gasteiger partial charge in [0.2, 0.25) is 5.91 Å². The van der Waals surface area contributed by atoms with Gasteiger partial charge in [0.15, 0.2) is 0 Å². The Morgan fingerprint density at radius 1 is 1.27 bits per heavy atom. The van der Waals surface area contributed by atoms with E-state index in [9.17, 15) is 4.79 Å². The van der Waals surface area contributed by atoms with Crippen molar-refractivity contribution >= 4 is 5.91 Å². The minimum atomic E-state index is 0.250. The van der Waals surface area contributed by atoms with Crippen LogP contribution in [0.4, 0.5) is 0 Å². The maximum atomic E-state index is 12.3. The largest absolute Gasteiger partial charge is 0.494 e. The molecule has 1 aromatic carbocycles. The van der Waals surface area contributed by atoms with Crippen molar-refractivity contribution in [1.82, 2.24) is 9.80 Å². The lowest BCUT2D eigenvalue weighted by Gasteiger charge is -2.31. The van der Waals surface area contributed by atoms with Gasteiger partial charge in [0.05, 0.1) is 13.2 Å². The molecule has 4 heteroatoms. The Morgan fingerprint density at radius 3 is 2.50 bits per heavy atom. The topological polar surface area (TPSA) is 32.8 Å². The van der Waals surface area contributed by atoms with Crippen LogP contribution in [0.3, 0.4) is 0 Å². The number of likely N-dealkylation sites (tertiary alicyclic amines) is 1. The highest BCUT2D eigenvalue weighted by molar-refractivity contribution is 5.78. The summed E-state index contributed by atoms with van der Waals surface area (Å²) in [4.78, 5) is 16.4. The van der Waals surface area contributed by atoms with Crippen molar-refractivity contribution in [2.24, 2.45) is 5.92 Å². The third-order valence-electron chi connectivity index (χ3n) is 4.23. The second kappa shape index (κ2) is 8.18. The van der Waals surface area contributed by atoms with E-state index in [1.54, 1.807) is 0 Å². The van der Waals surface area contributed by atoms with Crippen molar-refractivity contribution in [3.63, 3.8) is 0 Å². The molecule has 1 aromatic rings. The Morgan fingerprint density at radius 2 is 1.91 bits per heavy atom. The summed E-state index contributed by atoms with van der Waals surface area (Å²) < 4.78 is 5.44. The predicted octanol–water partition coefficient (Wildman–Crippen LogP) is 2.78. The van der Waals surface area contributed by atoms with Crippen LogP contribution in [0.5, 0.6) is 5.75 Å². The van der Waals surface area contributed by atoms with Gasteiger partial charge in [0.1, 0.15) is 5.75 Å². The molecule has 0 aliphatic carbocycles. The molecule has 0 bridgehead atoms. The first-order chi connectivity index (χ1) is 10.6. The molecule has 22 heavy (non-hydrogen) atoms. The Balaban J connectivity index is 1.79. The summed E-state index contributed by atoms with van der Waals surface area (Å²) in [5.41, 5.74) is 1.20. The predicted molar refractivity (Wildman–Crippen MR) is 88.9 cm³/mol. The lowest BCUT2D eigenvalue weighted by Crippen LogP contribution is -2.42. The van der Waals surface area contributed by atoms with E-state index in [1.165, 1.54) is 5.56 Å². The Hall–Kier alpha value is -1.55. The minimum absolute atomic E-state index is 0.250. The number of amides is 1. The van der Waals surface area contributed by atoms with Gasteiger partial charge in [0.25, 0.3) is 0 Å². The average molecular weight is 304 g/mol. The Bertz CT molecular complexity index is 464. The Labute approximate surface area is 134 Å². The quantitative estimate of drug-likeness (QED) is 0.810. The van der Waals surface area contributed by atoms with Crippen molar-refractivity contribution in [1.29, 1.82) is 0 Å². The monoisotopic (exact) mass is 304 g/mol. The second-order valence-electron chi connectivity index (χ2n) is 6.31. The maximum Gasteiger partial charge on any atom is 0.236 e. The van der Waals surface area contributed by atoms with Gasteiger partial charge in [0, 0.05) is 19.6 Å². The average Bonchev–Trinajstić information content (AvgIpc) is 2.50. The zero-order valence-corrected chi connectivity index (χ0v) is 14.0. The molecule has 1 fully saturated rings. The van der Waals surface area contributed by atoms with Crippen molar-refractivity contribution in [3.8, 4) is 5.75 Å². The van der Waals surface area contributed by atoms with Crippen LogP contribution in [0.1, 0.15) is 32.3 Å². The van der Waals surface area contributed by atoms with Crippen LogP contribution < -0.4 is 4.74 Å². The number of hydrogen-bond donors (Lipinski definition) is 0. The number of likely N-dealkylation sites (N-methyl/N-ethyl adjacent to an activating group) is 1. The van der Waals surface area contributed by atoms with Crippen LogP contribution in [0, 0.1) is 5.92 Å². The summed E-state index contributed by atoms with van der Waals surface area (Å²) >= 11 is 0. The molecular weight excluding hydrogens is 276 g/mol. The van der Waals surface area contributed by atoms with Gasteiger partial charge < -0.3 is 9.64 Å². The number of carbonyl (C=O) groups excluding carboxylic acids is 1. The van der Waals surface area contributed by atoms with Gasteiger partial charge in [-0.3, -0.25) is 9.69 Å². The molecule has 122 valence electrons. The highest BCUT2D eigenvalue weighted by Gasteiger charge is 2.20. The SMILES string of the molecule is CCOc1ccc(CN(C)CC(=O)N2CCC(C)CC2)cc1. The fourth-order valence-corrected chi connectivity index (χ4v) is 2.81. The van der Waals surface area contributed by atoms with Crippen molar-refractivity contribution < 1.29 is 9.53 Å². The normalized spacial score (nSPS) is 16.1. The van der Waals surface area contributed by atoms with Gasteiger partial charge >= 0.3 is 0 Å². The second-order valence-corrected chi connectivity index (χ2v) is 6.31. The molecule has 1 heterocycles. The third kappa shape index (κ3) is 5.02. The van der Waals surface area contributed by atoms with Gasteiger partial charge in [-0.15, -0.1) is 0 Å². The summed E-state index contributed by atoms with van der Waals surface area (Å²) in [6, 6.07) is 8.10. The first kappa shape index (κ1) is 16.8. The molecule has 4 nitrogen and oxygen atoms in total. The van der Waals surface area contributed by atoms with E-state index < -0.39 is 0 Å². The first-order valence-corrected chi connectivity index (χ1v) is 8.26. The van der Waals surface area contributed by atoms with Gasteiger partial charge in [-0.25, -0.2) is 0 Å². The summed E-state index contributed by atoms with van der Waals surface area (Å²) in [7, 11) is 2.00. The number of carbonyl (C=O) groups is 1. The number of piperidine rings is 1. The van der Waals surface area contributed by atoms with E-state index in [0.29, 0.717) is 13.2 Å². The first-order valence-electron chi connectivity index (χ1n) is 8.26. The number of hydrogen-bond acceptors (Lipinski definition) is 3. The van der Waals surface area contributed by atoms with Gasteiger partial charge in [-0.05, 0) is 50.4 Å². The molecule has 0 radical (unpaired) electrons. The molecule has 0 aromatic heterocycles. The number of rotatable bonds is 6. The van der Waals surface area contributed by atoms with Crippen molar-refractivity contribution in [2.45, 2.75) is 33.2 Å². The standard InChI is InChI=1S/C18H28N2O2/c1-4-22-17-7-5-16(6-8-17)13-19(3)14-18(21)20-11-9-15(2)10-12-20/h5-8,15H,4,9-14H2,1-3H3. The summed E-state index contributed by atoms with van der Waals surface area (Å²) in [6.07, 6.45) is 2.27. The van der Waals surface area contributed by atoms with Crippen molar-refractivity contribution in [3.05, 3.63) is 29.8 Å². The highest BCUT2D eigenvalue weighted by Crippen LogP contribution is 2.17. The fraction of sp³-hybridized carbons (Fsp3) is 0.611. The van der Waals surface area contributed by atoms with Gasteiger partial charge in [-0.1, -0.05) is 19.1 Å². The van der Waals surface area contributed by atoms with E-state index in [0.717, 1.165) is 44.1 Å². The molecule has 0 N–H and O–H groups in total. The van der Waals surface area contributed by atoms with E-state index in [2.05, 4.69) is 24.0 Å². The molecule has 1 aliphatic heterocycles. The molecule has 1 amide bonds. The van der Waals surface area contributed by atoms with Crippen LogP contribution >= 0.6 is 0 Å². The molecule has 0 saturated carbocycles. The molecule has 0 atom stereocenters. The third-order valence-corrected chi connectivity index (χ3v) is 4.23. The van der Waals surface area contributed by atoms with Crippen LogP contribution in [-0.4, -0.2) is 49.0 Å². The minimum Gasteiger partial charge on any atom is -0.494 e. The van der Waals surface area contributed by atoms with E-state index >= 15 is 0 Å². The maximum absolute atomic E-state index is 12.3. The van der Waals surface area contributed by atoms with Crippen molar-refractivity contribution in [2.75, 3.05) is 33.3 Å². The summed E-state index contributed by atoms with van der Waals surface area (Å²) in [5, 5.41) is 0. The number of ether oxygens (including phenoxy) is 1. The van der Waals surface area contributed by atoms with Gasteiger partial charge in [-0.2, -0.15) is 0 Å². The number of nitrogens with zero attached hydrogens (tertiary/aromatic N) is 2. The van der Waals surface area contributed by atoms with Crippen LogP contribution in [0.15, 0.2) is 24.3 Å². The van der Waals surface area contributed by atoms with E-state index in [4.69, 9.17) is 4.74 Å². The zero-order chi connectivity index (χ0) is 15.9. The summed E-state index contributed by atoms with van der Waals surface area (Å²) in [5.74, 6) is 1.90.